The van der Waals surface area contributed by atoms with Gasteiger partial charge in [0.25, 0.3) is 0 Å². The van der Waals surface area contributed by atoms with Gasteiger partial charge in [0.15, 0.2) is 0 Å². The Bertz CT molecular complexity index is 605. The van der Waals surface area contributed by atoms with Gasteiger partial charge in [0.05, 0.1) is 12.2 Å². The number of hydrogen-bond acceptors (Lipinski definition) is 3. The summed E-state index contributed by atoms with van der Waals surface area (Å²) in [5, 5.41) is 22.7. The van der Waals surface area contributed by atoms with Gasteiger partial charge in [0.1, 0.15) is 0 Å². The Labute approximate surface area is 152 Å². The topological polar surface area (TPSA) is 43.7 Å². The molecule has 6 aliphatic rings. The zero-order valence-electron chi connectivity index (χ0n) is 16.0. The van der Waals surface area contributed by atoms with Crippen molar-refractivity contribution in [2.75, 3.05) is 19.6 Å². The minimum Gasteiger partial charge on any atom is -0.392 e. The maximum absolute atomic E-state index is 11.5. The average molecular weight is 346 g/mol. The second-order valence-corrected chi connectivity index (χ2v) is 10.5. The lowest BCUT2D eigenvalue weighted by molar-refractivity contribution is -0.271. The fourth-order valence-corrected chi connectivity index (χ4v) is 8.90. The number of piperidine rings is 1. The summed E-state index contributed by atoms with van der Waals surface area (Å²) >= 11 is 0. The van der Waals surface area contributed by atoms with E-state index < -0.39 is 0 Å². The molecule has 6 fully saturated rings. The summed E-state index contributed by atoms with van der Waals surface area (Å²) in [5.41, 5.74) is 1.44. The first-order valence-electron chi connectivity index (χ1n) is 10.7. The van der Waals surface area contributed by atoms with E-state index in [9.17, 15) is 10.2 Å². The molecule has 0 radical (unpaired) electrons. The summed E-state index contributed by atoms with van der Waals surface area (Å²) in [7, 11) is 0. The molecule has 3 heteroatoms. The summed E-state index contributed by atoms with van der Waals surface area (Å²) in [6.07, 6.45) is 7.67. The van der Waals surface area contributed by atoms with Gasteiger partial charge in [-0.3, -0.25) is 0 Å². The van der Waals surface area contributed by atoms with Crippen LogP contribution in [0.15, 0.2) is 12.2 Å². The Morgan fingerprint density at radius 1 is 1.08 bits per heavy atom. The molecule has 0 aromatic carbocycles. The Morgan fingerprint density at radius 3 is 2.60 bits per heavy atom. The number of aliphatic hydroxyl groups is 2. The minimum absolute atomic E-state index is 0.100. The van der Waals surface area contributed by atoms with Crippen LogP contribution in [0.3, 0.4) is 0 Å². The van der Waals surface area contributed by atoms with Crippen LogP contribution in [-0.2, 0) is 0 Å². The van der Waals surface area contributed by atoms with Crippen LogP contribution in [0, 0.1) is 34.0 Å². The van der Waals surface area contributed by atoms with Crippen LogP contribution in [0.25, 0.3) is 0 Å². The van der Waals surface area contributed by atoms with Crippen molar-refractivity contribution in [3.8, 4) is 0 Å². The van der Waals surface area contributed by atoms with E-state index in [-0.39, 0.29) is 34.9 Å². The van der Waals surface area contributed by atoms with Crippen molar-refractivity contribution in [2.45, 2.75) is 71.0 Å². The third kappa shape index (κ3) is 1.83. The van der Waals surface area contributed by atoms with Crippen LogP contribution in [0.1, 0.15) is 58.8 Å². The lowest BCUT2D eigenvalue weighted by Gasteiger charge is -2.73. The van der Waals surface area contributed by atoms with Crippen molar-refractivity contribution in [3.05, 3.63) is 12.2 Å². The highest BCUT2D eigenvalue weighted by molar-refractivity contribution is 5.30. The fourth-order valence-electron chi connectivity index (χ4n) is 8.90. The van der Waals surface area contributed by atoms with Crippen molar-refractivity contribution >= 4 is 0 Å². The van der Waals surface area contributed by atoms with Gasteiger partial charge in [0.2, 0.25) is 0 Å². The van der Waals surface area contributed by atoms with Crippen molar-refractivity contribution in [3.63, 3.8) is 0 Å². The van der Waals surface area contributed by atoms with E-state index in [0.29, 0.717) is 5.41 Å². The molecule has 5 saturated carbocycles. The highest BCUT2D eigenvalue weighted by Gasteiger charge is 2.72. The van der Waals surface area contributed by atoms with Gasteiger partial charge in [-0.15, -0.1) is 0 Å². The first kappa shape index (κ1) is 16.8. The highest BCUT2D eigenvalue weighted by atomic mass is 16.3. The number of nitrogens with zero attached hydrogens (tertiary/aromatic N) is 1. The molecule has 3 nitrogen and oxygen atoms in total. The van der Waals surface area contributed by atoms with Gasteiger partial charge >= 0.3 is 0 Å². The molecule has 0 aromatic rings. The smallest absolute Gasteiger partial charge is 0.0811 e. The number of hydrogen-bond donors (Lipinski definition) is 2. The molecule has 8 unspecified atom stereocenters. The van der Waals surface area contributed by atoms with Crippen LogP contribution >= 0.6 is 0 Å². The molecule has 4 bridgehead atoms. The van der Waals surface area contributed by atoms with E-state index in [2.05, 4.69) is 25.3 Å². The van der Waals surface area contributed by atoms with Crippen molar-refractivity contribution in [2.24, 2.45) is 34.0 Å². The van der Waals surface area contributed by atoms with Crippen LogP contribution in [-0.4, -0.2) is 47.0 Å². The zero-order valence-corrected chi connectivity index (χ0v) is 16.0. The van der Waals surface area contributed by atoms with Gasteiger partial charge in [0, 0.05) is 30.3 Å². The molecule has 2 N–H and O–H groups in total. The molecule has 1 heterocycles. The lowest BCUT2D eigenvalue weighted by Crippen LogP contribution is -2.74. The molecule has 0 aromatic heterocycles. The molecule has 5 aliphatic carbocycles. The lowest BCUT2D eigenvalue weighted by atomic mass is 9.34. The van der Waals surface area contributed by atoms with Crippen LogP contribution in [0.2, 0.25) is 0 Å². The molecule has 140 valence electrons. The van der Waals surface area contributed by atoms with Crippen molar-refractivity contribution < 1.29 is 10.2 Å². The summed E-state index contributed by atoms with van der Waals surface area (Å²) in [5.74, 6) is 1.12. The fraction of sp³-hybridized carbons (Fsp3) is 0.909. The molecular formula is C22H35NO2. The quantitative estimate of drug-likeness (QED) is 0.717. The Morgan fingerprint density at radius 2 is 1.84 bits per heavy atom. The predicted molar refractivity (Wildman–Crippen MR) is 99.0 cm³/mol. The molecule has 1 aliphatic heterocycles. The van der Waals surface area contributed by atoms with E-state index in [1.807, 2.05) is 0 Å². The Kier molecular flexibility index (Phi) is 3.43. The van der Waals surface area contributed by atoms with Gasteiger partial charge in [-0.05, 0) is 67.4 Å². The summed E-state index contributed by atoms with van der Waals surface area (Å²) in [6, 6.07) is 0. The minimum atomic E-state index is -0.389. The Hall–Kier alpha value is -0.380. The first-order chi connectivity index (χ1) is 11.9. The number of likely N-dealkylation sites (tertiary alicyclic amines) is 1. The largest absolute Gasteiger partial charge is 0.392 e. The standard InChI is InChI=1S/C22H35NO2/c1-4-23-12-20(3)8-5-9-22(13-23)16(20)7-11-21-10-6-15(14(2)19(21)25)17(24)18(21)22/h15-19,24-25H,2,4-13H2,1,3H3. The SMILES string of the molecule is C=C1C2CCC3(CCC4C5(C)CCCC4(CN(CC)C5)C3C2O)C1O. The maximum Gasteiger partial charge on any atom is 0.0811 e. The van der Waals surface area contributed by atoms with E-state index in [1.54, 1.807) is 0 Å². The molecule has 0 amide bonds. The number of fused-ring (bicyclic) bond motifs is 2. The third-order valence-electron chi connectivity index (χ3n) is 9.66. The van der Waals surface area contributed by atoms with Gasteiger partial charge < -0.3 is 15.1 Å². The summed E-state index contributed by atoms with van der Waals surface area (Å²) in [4.78, 5) is 2.66. The van der Waals surface area contributed by atoms with E-state index in [4.69, 9.17) is 0 Å². The molecule has 6 rings (SSSR count). The highest BCUT2D eigenvalue weighted by Crippen LogP contribution is 2.73. The van der Waals surface area contributed by atoms with Crippen LogP contribution in [0.5, 0.6) is 0 Å². The summed E-state index contributed by atoms with van der Waals surface area (Å²) < 4.78 is 0. The van der Waals surface area contributed by atoms with E-state index in [0.717, 1.165) is 43.8 Å². The van der Waals surface area contributed by atoms with Gasteiger partial charge in [-0.1, -0.05) is 26.8 Å². The van der Waals surface area contributed by atoms with Gasteiger partial charge in [-0.2, -0.15) is 0 Å². The normalized spacial score (nSPS) is 57.9. The predicted octanol–water partition coefficient (Wildman–Crippen LogP) is 3.21. The number of rotatable bonds is 1. The van der Waals surface area contributed by atoms with Crippen molar-refractivity contribution in [1.29, 1.82) is 0 Å². The Balaban J connectivity index is 1.66. The average Bonchev–Trinajstić information content (AvgIpc) is 2.57. The third-order valence-corrected chi connectivity index (χ3v) is 9.66. The monoisotopic (exact) mass is 345 g/mol. The second-order valence-electron chi connectivity index (χ2n) is 10.5. The number of aliphatic hydroxyl groups excluding tert-OH is 2. The van der Waals surface area contributed by atoms with E-state index >= 15 is 0 Å². The second kappa shape index (κ2) is 5.11. The first-order valence-corrected chi connectivity index (χ1v) is 10.7. The van der Waals surface area contributed by atoms with E-state index in [1.165, 1.54) is 32.2 Å². The molecule has 25 heavy (non-hydrogen) atoms. The molecule has 1 saturated heterocycles. The maximum atomic E-state index is 11.5. The van der Waals surface area contributed by atoms with Crippen LogP contribution < -0.4 is 0 Å². The molecule has 1 spiro atoms. The van der Waals surface area contributed by atoms with Crippen LogP contribution in [0.4, 0.5) is 0 Å². The van der Waals surface area contributed by atoms with Gasteiger partial charge in [-0.25, -0.2) is 0 Å². The zero-order chi connectivity index (χ0) is 17.6. The molecular weight excluding hydrogens is 310 g/mol. The van der Waals surface area contributed by atoms with Crippen molar-refractivity contribution in [1.82, 2.24) is 4.90 Å². The summed E-state index contributed by atoms with van der Waals surface area (Å²) in [6.45, 7) is 12.5. The molecule has 8 atom stereocenters.